The average Bonchev–Trinajstić information content (AvgIpc) is 2.73. The van der Waals surface area contributed by atoms with Crippen LogP contribution in [0.2, 0.25) is 0 Å². The maximum Gasteiger partial charge on any atom is 0.433 e. The Bertz CT molecular complexity index is 1220. The van der Waals surface area contributed by atoms with Crippen LogP contribution in [0.1, 0.15) is 73.6 Å². The normalized spacial score (nSPS) is 16.9. The molecule has 2 unspecified atom stereocenters. The van der Waals surface area contributed by atoms with Crippen molar-refractivity contribution in [3.63, 3.8) is 0 Å². The molecule has 0 aromatic carbocycles. The number of nitrogens with zero attached hydrogens (tertiary/aromatic N) is 1. The third kappa shape index (κ3) is 5.58. The first-order valence-corrected chi connectivity index (χ1v) is 15.3. The van der Waals surface area contributed by atoms with Crippen LogP contribution < -0.4 is 4.72 Å². The first kappa shape index (κ1) is 35.4. The number of unbranched alkanes of at least 4 members (excludes halogenated alkanes) is 2. The molecule has 1 amide bonds. The number of halogens is 6. The van der Waals surface area contributed by atoms with Crippen molar-refractivity contribution < 1.29 is 56.4 Å². The number of sulfonamides is 1. The molecule has 0 bridgehead atoms. The van der Waals surface area contributed by atoms with E-state index in [1.807, 2.05) is 0 Å². The number of carbonyl (C=O) groups is 1. The third-order valence-electron chi connectivity index (χ3n) is 5.70. The summed E-state index contributed by atoms with van der Waals surface area (Å²) in [6, 6.07) is 0.460. The highest BCUT2D eigenvalue weighted by atomic mass is 32.3. The Balaban J connectivity index is 6.76. The summed E-state index contributed by atoms with van der Waals surface area (Å²) in [5.74, 6) is -10.3. The number of sulfone groups is 2. The minimum atomic E-state index is -7.45. The first-order chi connectivity index (χ1) is 16.2. The number of hydrogen-bond acceptors (Lipinski definition) is 8. The van der Waals surface area contributed by atoms with E-state index in [1.54, 1.807) is 6.92 Å². The summed E-state index contributed by atoms with van der Waals surface area (Å²) in [7, 11) is -20.1. The molecule has 0 aromatic heterocycles. The summed E-state index contributed by atoms with van der Waals surface area (Å²) in [4.78, 5) is 12.2. The number of amides is 1. The molecular formula is C19H30F6N2O7S3. The zero-order chi connectivity index (χ0) is 30.1. The molecule has 0 aliphatic rings. The van der Waals surface area contributed by atoms with Crippen LogP contribution in [-0.4, -0.2) is 56.4 Å². The zero-order valence-electron chi connectivity index (χ0n) is 20.9. The van der Waals surface area contributed by atoms with Crippen molar-refractivity contribution in [3.05, 3.63) is 0 Å². The van der Waals surface area contributed by atoms with Crippen molar-refractivity contribution in [2.45, 2.75) is 98.9 Å². The second kappa shape index (κ2) is 10.9. The van der Waals surface area contributed by atoms with Crippen molar-refractivity contribution in [2.24, 2.45) is 5.92 Å². The molecule has 0 aromatic rings. The van der Waals surface area contributed by atoms with Crippen LogP contribution in [0.3, 0.4) is 0 Å². The lowest BCUT2D eigenvalue weighted by atomic mass is 9.98. The summed E-state index contributed by atoms with van der Waals surface area (Å²) < 4.78 is 156. The van der Waals surface area contributed by atoms with Crippen molar-refractivity contribution in [2.75, 3.05) is 0 Å². The fourth-order valence-corrected chi connectivity index (χ4v) is 8.71. The van der Waals surface area contributed by atoms with Crippen LogP contribution in [-0.2, 0) is 34.5 Å². The van der Waals surface area contributed by atoms with Gasteiger partial charge >= 0.3 is 26.5 Å². The Morgan fingerprint density at radius 1 is 0.838 bits per heavy atom. The molecule has 0 aliphatic carbocycles. The highest BCUT2D eigenvalue weighted by molar-refractivity contribution is 8.11. The minimum absolute atomic E-state index is 0.0522. The highest BCUT2D eigenvalue weighted by Gasteiger charge is 2.85. The molecule has 2 atom stereocenters. The molecule has 9 nitrogen and oxygen atoms in total. The van der Waals surface area contributed by atoms with Gasteiger partial charge in [0.25, 0.3) is 13.9 Å². The molecule has 0 saturated heterocycles. The fourth-order valence-electron chi connectivity index (χ4n) is 3.04. The smallest absolute Gasteiger partial charge is 0.274 e. The van der Waals surface area contributed by atoms with Crippen LogP contribution in [0.5, 0.6) is 0 Å². The molecule has 0 fully saturated rings. The molecule has 18 heteroatoms. The summed E-state index contributed by atoms with van der Waals surface area (Å²) in [5, 5.41) is -4.93. The van der Waals surface area contributed by atoms with E-state index in [2.05, 4.69) is 0 Å². The minimum Gasteiger partial charge on any atom is -0.274 e. The second-order valence-electron chi connectivity index (χ2n) is 9.36. The van der Waals surface area contributed by atoms with Gasteiger partial charge < -0.3 is 0 Å². The molecule has 218 valence electrons. The van der Waals surface area contributed by atoms with Crippen LogP contribution in [0.25, 0.3) is 0 Å². The second-order valence-corrected chi connectivity index (χ2v) is 16.7. The number of carbonyl (C=O) groups excluding carboxylic acids is 1. The van der Waals surface area contributed by atoms with E-state index in [4.69, 9.17) is 5.26 Å². The van der Waals surface area contributed by atoms with Gasteiger partial charge in [-0.25, -0.2) is 21.6 Å². The Morgan fingerprint density at radius 3 is 1.65 bits per heavy atom. The number of nitriles is 1. The van der Waals surface area contributed by atoms with Crippen molar-refractivity contribution in [1.29, 1.82) is 5.26 Å². The zero-order valence-corrected chi connectivity index (χ0v) is 23.4. The quantitative estimate of drug-likeness (QED) is 0.245. The summed E-state index contributed by atoms with van der Waals surface area (Å²) in [5.41, 5.74) is 0. The monoisotopic (exact) mass is 608 g/mol. The van der Waals surface area contributed by atoms with E-state index < -0.39 is 66.8 Å². The van der Waals surface area contributed by atoms with Gasteiger partial charge in [0, 0.05) is 5.92 Å². The van der Waals surface area contributed by atoms with E-state index in [-0.39, 0.29) is 19.8 Å². The predicted octanol–water partition coefficient (Wildman–Crippen LogP) is 3.73. The summed E-state index contributed by atoms with van der Waals surface area (Å²) >= 11 is 0. The maximum atomic E-state index is 14.8. The van der Waals surface area contributed by atoms with Gasteiger partial charge in [-0.05, 0) is 40.5 Å². The SMILES string of the molecule is CCCCCC(CC)C(=O)NS(=O)(=O)C(F)(F)C(F)(F)C(F)(F)S(=O)(=O)C(C)(C#N)S(=O)(=O)C(C)(C)C. The molecule has 0 radical (unpaired) electrons. The molecule has 0 spiro atoms. The molecule has 1 N–H and O–H groups in total. The van der Waals surface area contributed by atoms with E-state index in [0.29, 0.717) is 30.1 Å². The van der Waals surface area contributed by atoms with Gasteiger partial charge in [0.1, 0.15) is 6.07 Å². The predicted molar refractivity (Wildman–Crippen MR) is 121 cm³/mol. The van der Waals surface area contributed by atoms with Gasteiger partial charge in [-0.15, -0.1) is 0 Å². The molecule has 0 aliphatic heterocycles. The van der Waals surface area contributed by atoms with E-state index in [9.17, 15) is 56.4 Å². The van der Waals surface area contributed by atoms with Gasteiger partial charge in [-0.1, -0.05) is 33.1 Å². The standard InChI is InChI=1S/C19H30F6N2O7S3/c1-7-9-10-11-13(8-2)14(28)27-37(33,34)19(24,25)17(20,21)18(22,23)36(31,32)16(6,12-26)35(29,30)15(3,4)5/h13H,7-11H2,1-6H3,(H,27,28). The number of nitrogens with one attached hydrogen (secondary N) is 1. The lowest BCUT2D eigenvalue weighted by Crippen LogP contribution is -2.67. The van der Waals surface area contributed by atoms with Gasteiger partial charge in [-0.2, -0.15) is 40.0 Å². The maximum absolute atomic E-state index is 14.8. The van der Waals surface area contributed by atoms with Gasteiger partial charge in [0.15, 0.2) is 9.84 Å². The Hall–Kier alpha value is -1.61. The van der Waals surface area contributed by atoms with Crippen LogP contribution >= 0.6 is 0 Å². The van der Waals surface area contributed by atoms with Gasteiger partial charge in [0.2, 0.25) is 5.91 Å². The third-order valence-corrected chi connectivity index (χ3v) is 13.2. The Labute approximate surface area is 212 Å². The van der Waals surface area contributed by atoms with Gasteiger partial charge in [0.05, 0.1) is 4.75 Å². The molecule has 0 heterocycles. The summed E-state index contributed by atoms with van der Waals surface area (Å²) in [6.45, 7) is 5.08. The summed E-state index contributed by atoms with van der Waals surface area (Å²) in [6.07, 6.45) is 1.33. The topological polar surface area (TPSA) is 155 Å². The number of rotatable bonds is 13. The highest BCUT2D eigenvalue weighted by Crippen LogP contribution is 2.54. The van der Waals surface area contributed by atoms with Crippen LogP contribution in [0, 0.1) is 17.2 Å². The number of alkyl halides is 6. The lowest BCUT2D eigenvalue weighted by Gasteiger charge is -2.37. The average molecular weight is 609 g/mol. The molecular weight excluding hydrogens is 578 g/mol. The van der Waals surface area contributed by atoms with E-state index >= 15 is 0 Å². The Morgan fingerprint density at radius 2 is 1.30 bits per heavy atom. The van der Waals surface area contributed by atoms with Crippen molar-refractivity contribution in [3.8, 4) is 6.07 Å². The van der Waals surface area contributed by atoms with Crippen LogP contribution in [0.4, 0.5) is 26.3 Å². The first-order valence-electron chi connectivity index (χ1n) is 10.8. The Kier molecular flexibility index (Phi) is 10.4. The van der Waals surface area contributed by atoms with Crippen molar-refractivity contribution >= 4 is 35.6 Å². The van der Waals surface area contributed by atoms with Crippen LogP contribution in [0.15, 0.2) is 0 Å². The van der Waals surface area contributed by atoms with E-state index in [0.717, 1.165) is 20.8 Å². The largest absolute Gasteiger partial charge is 0.433 e. The van der Waals surface area contributed by atoms with Gasteiger partial charge in [-0.3, -0.25) is 4.79 Å². The lowest BCUT2D eigenvalue weighted by molar-refractivity contribution is -0.244. The molecule has 0 rings (SSSR count). The fraction of sp³-hybridized carbons (Fsp3) is 0.895. The molecule has 0 saturated carbocycles. The molecule has 37 heavy (non-hydrogen) atoms. The number of hydrogen-bond donors (Lipinski definition) is 1. The van der Waals surface area contributed by atoms with Crippen molar-refractivity contribution in [1.82, 2.24) is 4.72 Å². The van der Waals surface area contributed by atoms with E-state index in [1.165, 1.54) is 6.92 Å².